The number of carboxylic acids is 1. The van der Waals surface area contributed by atoms with Crippen LogP contribution in [0.3, 0.4) is 0 Å². The number of urea groups is 1. The first-order valence-corrected chi connectivity index (χ1v) is 11.5. The number of halogens is 3. The maximum absolute atomic E-state index is 11.8. The second kappa shape index (κ2) is 13.6. The summed E-state index contributed by atoms with van der Waals surface area (Å²) in [6, 6.07) is -0.218. The van der Waals surface area contributed by atoms with Crippen molar-refractivity contribution in [2.24, 2.45) is 5.73 Å². The molecular weight excluding hydrogens is 475 g/mol. The number of hydrogen-bond acceptors (Lipinski definition) is 7. The zero-order valence-electron chi connectivity index (χ0n) is 17.1. The highest BCUT2D eigenvalue weighted by atomic mass is 32.2. The van der Waals surface area contributed by atoms with E-state index >= 15 is 0 Å². The summed E-state index contributed by atoms with van der Waals surface area (Å²) >= 11 is 5.84. The van der Waals surface area contributed by atoms with Crippen molar-refractivity contribution < 1.29 is 37.5 Å². The van der Waals surface area contributed by atoms with Crippen LogP contribution in [0.5, 0.6) is 0 Å². The number of nitrogens with one attached hydrogen (secondary N) is 4. The van der Waals surface area contributed by atoms with E-state index in [1.54, 1.807) is 0 Å². The summed E-state index contributed by atoms with van der Waals surface area (Å²) in [6.07, 6.45) is -1.84. The lowest BCUT2D eigenvalue weighted by Gasteiger charge is -2.16. The Morgan fingerprint density at radius 1 is 1.22 bits per heavy atom. The molecule has 0 unspecified atom stereocenters. The number of thioether (sulfide) groups is 1. The summed E-state index contributed by atoms with van der Waals surface area (Å²) in [7, 11) is 0. The van der Waals surface area contributed by atoms with Crippen molar-refractivity contribution >= 4 is 48.2 Å². The molecule has 7 N–H and O–H groups in total. The van der Waals surface area contributed by atoms with E-state index in [9.17, 15) is 27.6 Å². The fraction of sp³-hybridized carbons (Fsp3) is 0.765. The van der Waals surface area contributed by atoms with Gasteiger partial charge in [0.2, 0.25) is 11.8 Å². The van der Waals surface area contributed by atoms with Crippen molar-refractivity contribution in [2.45, 2.75) is 55.2 Å². The minimum atomic E-state index is -5.08. The van der Waals surface area contributed by atoms with Crippen LogP contribution in [-0.4, -0.2) is 83.1 Å². The van der Waals surface area contributed by atoms with Crippen LogP contribution < -0.4 is 27.0 Å². The van der Waals surface area contributed by atoms with Crippen LogP contribution in [0.4, 0.5) is 18.0 Å². The number of amides is 4. The molecule has 0 aromatic carbocycles. The second-order valence-corrected chi connectivity index (χ2v) is 8.74. The van der Waals surface area contributed by atoms with E-state index in [-0.39, 0.29) is 29.9 Å². The topological polar surface area (TPSA) is 163 Å². The van der Waals surface area contributed by atoms with E-state index < -0.39 is 18.2 Å². The average Bonchev–Trinajstić information content (AvgIpc) is 3.26. The van der Waals surface area contributed by atoms with Gasteiger partial charge in [-0.15, -0.1) is 0 Å². The Kier molecular flexibility index (Phi) is 12.0. The van der Waals surface area contributed by atoms with Gasteiger partial charge in [0, 0.05) is 36.3 Å². The zero-order valence-corrected chi connectivity index (χ0v) is 18.8. The van der Waals surface area contributed by atoms with Crippen LogP contribution in [0.15, 0.2) is 0 Å². The summed E-state index contributed by atoms with van der Waals surface area (Å²) in [4.78, 5) is 43.4. The Morgan fingerprint density at radius 2 is 1.84 bits per heavy atom. The smallest absolute Gasteiger partial charge is 0.475 e. The number of nitrogens with two attached hydrogens (primary N) is 1. The predicted molar refractivity (Wildman–Crippen MR) is 115 cm³/mol. The molecule has 2 saturated heterocycles. The monoisotopic (exact) mass is 503 g/mol. The van der Waals surface area contributed by atoms with Gasteiger partial charge in [0.05, 0.1) is 18.1 Å². The van der Waals surface area contributed by atoms with Crippen molar-refractivity contribution in [1.29, 1.82) is 0 Å². The number of carbonyl (C=O) groups excluding carboxylic acids is 3. The molecule has 0 aliphatic carbocycles. The maximum Gasteiger partial charge on any atom is 0.490 e. The molecule has 2 fully saturated rings. The second-order valence-electron chi connectivity index (χ2n) is 7.10. The molecule has 0 bridgehead atoms. The van der Waals surface area contributed by atoms with E-state index in [1.807, 2.05) is 11.8 Å². The van der Waals surface area contributed by atoms with E-state index in [0.29, 0.717) is 30.5 Å². The number of carboxylic acid groups (broad SMARTS) is 1. The molecule has 0 aromatic rings. The number of unbranched alkanes of at least 4 members (excludes halogenated alkanes) is 1. The number of thiol groups is 1. The summed E-state index contributed by atoms with van der Waals surface area (Å²) in [5.74, 6) is -1.78. The van der Waals surface area contributed by atoms with E-state index in [4.69, 9.17) is 15.6 Å². The van der Waals surface area contributed by atoms with E-state index in [2.05, 4.69) is 33.9 Å². The third-order valence-electron chi connectivity index (χ3n) is 4.60. The van der Waals surface area contributed by atoms with Crippen molar-refractivity contribution in [1.82, 2.24) is 21.3 Å². The van der Waals surface area contributed by atoms with Gasteiger partial charge >= 0.3 is 18.2 Å². The summed E-state index contributed by atoms with van der Waals surface area (Å²) in [5, 5.41) is 18.9. The molecule has 184 valence electrons. The first kappa shape index (κ1) is 28.2. The highest BCUT2D eigenvalue weighted by molar-refractivity contribution is 8.00. The molecule has 32 heavy (non-hydrogen) atoms. The number of rotatable bonds is 10. The first-order valence-electron chi connectivity index (χ1n) is 9.85. The molecule has 10 nitrogen and oxygen atoms in total. The molecule has 0 spiro atoms. The van der Waals surface area contributed by atoms with Gasteiger partial charge < -0.3 is 32.1 Å². The quantitative estimate of drug-likeness (QED) is 0.124. The standard InChI is InChI=1S/C15H27N5O3S2.C2HF3O2/c16-9(7-24)14(22)18-6-5-17-12(21)4-2-1-3-11-13-10(8-25-11)19-15(23)20-13;3-2(4,5)1(6)7/h9-11,13,24H,1-8,16H2,(H,17,21)(H,18,22)(H2,19,20,23);(H,6,7)/t9-,10-,11-,13-;/m0./s1. The lowest BCUT2D eigenvalue weighted by atomic mass is 10.0. The van der Waals surface area contributed by atoms with Crippen LogP contribution in [-0.2, 0) is 14.4 Å². The highest BCUT2D eigenvalue weighted by Crippen LogP contribution is 2.33. The molecule has 15 heteroatoms. The number of alkyl halides is 3. The highest BCUT2D eigenvalue weighted by Gasteiger charge is 2.42. The lowest BCUT2D eigenvalue weighted by Crippen LogP contribution is -2.44. The van der Waals surface area contributed by atoms with Gasteiger partial charge in [-0.3, -0.25) is 9.59 Å². The maximum atomic E-state index is 11.8. The fourth-order valence-electron chi connectivity index (χ4n) is 2.96. The Hall–Kier alpha value is -1.87. The van der Waals surface area contributed by atoms with Gasteiger partial charge in [-0.05, 0) is 12.8 Å². The van der Waals surface area contributed by atoms with Gasteiger partial charge in [0.25, 0.3) is 0 Å². The molecule has 2 heterocycles. The molecule has 2 aliphatic rings. The molecule has 0 saturated carbocycles. The van der Waals surface area contributed by atoms with Gasteiger partial charge in [-0.1, -0.05) is 6.42 Å². The Morgan fingerprint density at radius 3 is 2.44 bits per heavy atom. The van der Waals surface area contributed by atoms with E-state index in [1.165, 1.54) is 0 Å². The molecule has 0 aromatic heterocycles. The van der Waals surface area contributed by atoms with Crippen molar-refractivity contribution in [3.05, 3.63) is 0 Å². The predicted octanol–water partition coefficient (Wildman–Crippen LogP) is -0.165. The lowest BCUT2D eigenvalue weighted by molar-refractivity contribution is -0.192. The number of hydrogen-bond donors (Lipinski definition) is 7. The van der Waals surface area contributed by atoms with Crippen LogP contribution in [0, 0.1) is 0 Å². The van der Waals surface area contributed by atoms with Gasteiger partial charge in [-0.25, -0.2) is 9.59 Å². The van der Waals surface area contributed by atoms with Crippen LogP contribution in [0.1, 0.15) is 25.7 Å². The van der Waals surface area contributed by atoms with Crippen LogP contribution in [0.25, 0.3) is 0 Å². The Balaban J connectivity index is 0.000000633. The van der Waals surface area contributed by atoms with Crippen molar-refractivity contribution in [3.8, 4) is 0 Å². The summed E-state index contributed by atoms with van der Waals surface area (Å²) < 4.78 is 31.7. The first-order chi connectivity index (χ1) is 15.0. The van der Waals surface area contributed by atoms with Crippen LogP contribution in [0.2, 0.25) is 0 Å². The third-order valence-corrected chi connectivity index (χ3v) is 6.51. The van der Waals surface area contributed by atoms with Gasteiger partial charge in [0.1, 0.15) is 0 Å². The molecule has 0 radical (unpaired) electrons. The van der Waals surface area contributed by atoms with Gasteiger partial charge in [-0.2, -0.15) is 37.6 Å². The molecule has 2 aliphatic heterocycles. The largest absolute Gasteiger partial charge is 0.490 e. The van der Waals surface area contributed by atoms with Gasteiger partial charge in [0.15, 0.2) is 0 Å². The fourth-order valence-corrected chi connectivity index (χ4v) is 4.67. The number of aliphatic carboxylic acids is 1. The third kappa shape index (κ3) is 10.2. The summed E-state index contributed by atoms with van der Waals surface area (Å²) in [5.41, 5.74) is 5.53. The number of carbonyl (C=O) groups is 4. The molecular formula is C17H28F3N5O5S2. The Bertz CT molecular complexity index is 671. The van der Waals surface area contributed by atoms with Crippen LogP contribution >= 0.6 is 24.4 Å². The van der Waals surface area contributed by atoms with E-state index in [0.717, 1.165) is 25.0 Å². The van der Waals surface area contributed by atoms with Crippen molar-refractivity contribution in [2.75, 3.05) is 24.6 Å². The Labute approximate surface area is 192 Å². The minimum Gasteiger partial charge on any atom is -0.475 e. The molecule has 4 amide bonds. The SMILES string of the molecule is N[C@@H](CS)C(=O)NCCNC(=O)CCCC[C@@H]1SC[C@@H]2NC(=O)N[C@@H]21.O=C(O)C(F)(F)F. The minimum absolute atomic E-state index is 0.0134. The summed E-state index contributed by atoms with van der Waals surface area (Å²) in [6.45, 7) is 0.754. The zero-order chi connectivity index (χ0) is 24.3. The molecule has 2 rings (SSSR count). The molecule has 4 atom stereocenters. The normalized spacial score (nSPS) is 22.5. The average molecular weight is 504 g/mol. The van der Waals surface area contributed by atoms with Crippen molar-refractivity contribution in [3.63, 3.8) is 0 Å². The number of fused-ring (bicyclic) bond motifs is 1.